The summed E-state index contributed by atoms with van der Waals surface area (Å²) in [5.41, 5.74) is 5.57. The second kappa shape index (κ2) is 6.08. The minimum Gasteiger partial charge on any atom is -0.376 e. The summed E-state index contributed by atoms with van der Waals surface area (Å²) < 4.78 is 5.43. The number of carbonyl (C=O) groups excluding carboxylic acids is 1. The topological polar surface area (TPSA) is 64.4 Å². The van der Waals surface area contributed by atoms with E-state index in [2.05, 4.69) is 5.32 Å². The van der Waals surface area contributed by atoms with E-state index in [1.54, 1.807) is 0 Å². The predicted octanol–water partition coefficient (Wildman–Crippen LogP) is 0.513. The first-order valence-corrected chi connectivity index (χ1v) is 5.74. The third-order valence-electron chi connectivity index (χ3n) is 2.92. The van der Waals surface area contributed by atoms with E-state index in [0.29, 0.717) is 19.0 Å². The second-order valence-corrected chi connectivity index (χ2v) is 4.47. The van der Waals surface area contributed by atoms with E-state index < -0.39 is 0 Å². The van der Waals surface area contributed by atoms with Crippen LogP contribution >= 0.6 is 0 Å². The maximum Gasteiger partial charge on any atom is 0.224 e. The molecule has 0 spiro atoms. The number of nitrogens with one attached hydrogen (secondary N) is 1. The molecule has 2 unspecified atom stereocenters. The van der Waals surface area contributed by atoms with Crippen molar-refractivity contribution in [3.05, 3.63) is 0 Å². The highest BCUT2D eigenvalue weighted by atomic mass is 16.5. The maximum absolute atomic E-state index is 11.7. The molecule has 1 aliphatic rings. The van der Waals surface area contributed by atoms with Crippen molar-refractivity contribution in [1.29, 1.82) is 0 Å². The fraction of sp³-hybridized carbons (Fsp3) is 0.909. The summed E-state index contributed by atoms with van der Waals surface area (Å²) in [6, 6.07) is 0. The predicted molar refractivity (Wildman–Crippen MR) is 59.4 cm³/mol. The van der Waals surface area contributed by atoms with Gasteiger partial charge in [0.05, 0.1) is 12.0 Å². The van der Waals surface area contributed by atoms with Gasteiger partial charge in [0.2, 0.25) is 5.91 Å². The monoisotopic (exact) mass is 214 g/mol. The number of nitrogens with two attached hydrogens (primary N) is 1. The lowest BCUT2D eigenvalue weighted by molar-refractivity contribution is -0.126. The number of hydrogen-bond acceptors (Lipinski definition) is 3. The van der Waals surface area contributed by atoms with Gasteiger partial charge in [-0.1, -0.05) is 13.8 Å². The molecule has 0 saturated carbocycles. The molecule has 0 aromatic heterocycles. The summed E-state index contributed by atoms with van der Waals surface area (Å²) in [4.78, 5) is 11.7. The van der Waals surface area contributed by atoms with Gasteiger partial charge in [0.1, 0.15) is 0 Å². The lowest BCUT2D eigenvalue weighted by Gasteiger charge is -2.19. The highest BCUT2D eigenvalue weighted by Gasteiger charge is 2.22. The maximum atomic E-state index is 11.7. The van der Waals surface area contributed by atoms with Gasteiger partial charge >= 0.3 is 0 Å². The van der Waals surface area contributed by atoms with E-state index in [4.69, 9.17) is 10.5 Å². The Kier molecular flexibility index (Phi) is 5.05. The quantitative estimate of drug-likeness (QED) is 0.701. The van der Waals surface area contributed by atoms with Crippen LogP contribution in [0.1, 0.15) is 26.7 Å². The third-order valence-corrected chi connectivity index (χ3v) is 2.92. The van der Waals surface area contributed by atoms with Gasteiger partial charge in [-0.15, -0.1) is 0 Å². The van der Waals surface area contributed by atoms with E-state index in [1.807, 2.05) is 13.8 Å². The zero-order valence-electron chi connectivity index (χ0n) is 9.66. The lowest BCUT2D eigenvalue weighted by Crippen LogP contribution is -2.41. The Bertz CT molecular complexity index is 201. The minimum atomic E-state index is -0.0774. The number of rotatable bonds is 5. The van der Waals surface area contributed by atoms with Gasteiger partial charge in [0, 0.05) is 19.7 Å². The third kappa shape index (κ3) is 3.80. The van der Waals surface area contributed by atoms with Crippen LogP contribution in [0.25, 0.3) is 0 Å². The molecule has 0 bridgehead atoms. The number of carbonyl (C=O) groups is 1. The van der Waals surface area contributed by atoms with Crippen molar-refractivity contribution < 1.29 is 9.53 Å². The molecule has 88 valence electrons. The van der Waals surface area contributed by atoms with Crippen LogP contribution in [0.2, 0.25) is 0 Å². The van der Waals surface area contributed by atoms with Gasteiger partial charge in [-0.3, -0.25) is 4.79 Å². The molecule has 1 saturated heterocycles. The van der Waals surface area contributed by atoms with Gasteiger partial charge in [0.25, 0.3) is 0 Å². The normalized spacial score (nSPS) is 23.1. The summed E-state index contributed by atoms with van der Waals surface area (Å²) >= 11 is 0. The van der Waals surface area contributed by atoms with E-state index in [-0.39, 0.29) is 17.9 Å². The second-order valence-electron chi connectivity index (χ2n) is 4.47. The molecule has 1 fully saturated rings. The summed E-state index contributed by atoms with van der Waals surface area (Å²) in [7, 11) is 0. The van der Waals surface area contributed by atoms with E-state index >= 15 is 0 Å². The Hall–Kier alpha value is -0.610. The van der Waals surface area contributed by atoms with Gasteiger partial charge < -0.3 is 15.8 Å². The van der Waals surface area contributed by atoms with Crippen molar-refractivity contribution in [3.8, 4) is 0 Å². The molecule has 0 radical (unpaired) electrons. The molecule has 0 aromatic rings. The highest BCUT2D eigenvalue weighted by Crippen LogP contribution is 2.12. The minimum absolute atomic E-state index is 0.0583. The number of hydrogen-bond donors (Lipinski definition) is 2. The Morgan fingerprint density at radius 2 is 2.33 bits per heavy atom. The van der Waals surface area contributed by atoms with Crippen molar-refractivity contribution in [2.75, 3.05) is 19.7 Å². The molecule has 1 amide bonds. The van der Waals surface area contributed by atoms with Crippen molar-refractivity contribution in [3.63, 3.8) is 0 Å². The van der Waals surface area contributed by atoms with Crippen LogP contribution in [0.5, 0.6) is 0 Å². The molecule has 0 aromatic carbocycles. The molecular formula is C11H22N2O2. The van der Waals surface area contributed by atoms with Crippen LogP contribution in [-0.2, 0) is 9.53 Å². The van der Waals surface area contributed by atoms with Crippen molar-refractivity contribution >= 4 is 5.91 Å². The first kappa shape index (κ1) is 12.5. The lowest BCUT2D eigenvalue weighted by atomic mass is 9.95. The van der Waals surface area contributed by atoms with E-state index in [9.17, 15) is 4.79 Å². The molecular weight excluding hydrogens is 192 g/mol. The van der Waals surface area contributed by atoms with E-state index in [1.165, 1.54) is 0 Å². The Balaban J connectivity index is 2.27. The average Bonchev–Trinajstić information content (AvgIpc) is 2.67. The molecule has 1 heterocycles. The van der Waals surface area contributed by atoms with Crippen LogP contribution in [0.3, 0.4) is 0 Å². The molecule has 2 atom stereocenters. The van der Waals surface area contributed by atoms with Crippen LogP contribution in [-0.4, -0.2) is 31.7 Å². The number of ether oxygens (including phenoxy) is 1. The van der Waals surface area contributed by atoms with Crippen LogP contribution in [0.4, 0.5) is 0 Å². The highest BCUT2D eigenvalue weighted by molar-refractivity contribution is 5.79. The molecule has 1 rings (SSSR count). The largest absolute Gasteiger partial charge is 0.376 e. The Morgan fingerprint density at radius 1 is 1.60 bits per heavy atom. The first-order chi connectivity index (χ1) is 7.15. The van der Waals surface area contributed by atoms with Gasteiger partial charge in [-0.2, -0.15) is 0 Å². The standard InChI is InChI=1S/C11H22N2O2/c1-8(2)10(6-12)11(14)13-7-9-4-3-5-15-9/h8-10H,3-7,12H2,1-2H3,(H,13,14). The van der Waals surface area contributed by atoms with Gasteiger partial charge in [0.15, 0.2) is 0 Å². The zero-order chi connectivity index (χ0) is 11.3. The van der Waals surface area contributed by atoms with Crippen LogP contribution in [0.15, 0.2) is 0 Å². The van der Waals surface area contributed by atoms with Crippen molar-refractivity contribution in [1.82, 2.24) is 5.32 Å². The number of amides is 1. The average molecular weight is 214 g/mol. The molecule has 15 heavy (non-hydrogen) atoms. The van der Waals surface area contributed by atoms with Gasteiger partial charge in [-0.25, -0.2) is 0 Å². The zero-order valence-corrected chi connectivity index (χ0v) is 9.66. The smallest absolute Gasteiger partial charge is 0.224 e. The van der Waals surface area contributed by atoms with Crippen LogP contribution in [0, 0.1) is 11.8 Å². The summed E-state index contributed by atoms with van der Waals surface area (Å²) in [6.07, 6.45) is 2.36. The first-order valence-electron chi connectivity index (χ1n) is 5.74. The molecule has 3 N–H and O–H groups in total. The molecule has 4 nitrogen and oxygen atoms in total. The fourth-order valence-corrected chi connectivity index (χ4v) is 1.83. The Labute approximate surface area is 91.5 Å². The fourth-order valence-electron chi connectivity index (χ4n) is 1.83. The molecule has 4 heteroatoms. The molecule has 0 aliphatic carbocycles. The van der Waals surface area contributed by atoms with Gasteiger partial charge in [-0.05, 0) is 18.8 Å². The van der Waals surface area contributed by atoms with E-state index in [0.717, 1.165) is 19.4 Å². The van der Waals surface area contributed by atoms with Crippen molar-refractivity contribution in [2.45, 2.75) is 32.8 Å². The van der Waals surface area contributed by atoms with Crippen molar-refractivity contribution in [2.24, 2.45) is 17.6 Å². The SMILES string of the molecule is CC(C)C(CN)C(=O)NCC1CCCO1. The summed E-state index contributed by atoms with van der Waals surface area (Å²) in [6.45, 7) is 5.90. The summed E-state index contributed by atoms with van der Waals surface area (Å²) in [5, 5.41) is 2.91. The van der Waals surface area contributed by atoms with Crippen LogP contribution < -0.4 is 11.1 Å². The summed E-state index contributed by atoms with van der Waals surface area (Å²) in [5.74, 6) is 0.272. The Morgan fingerprint density at radius 3 is 2.80 bits per heavy atom. The molecule has 1 aliphatic heterocycles.